The van der Waals surface area contributed by atoms with Gasteiger partial charge in [-0.2, -0.15) is 8.42 Å². The van der Waals surface area contributed by atoms with Crippen molar-refractivity contribution in [3.8, 4) is 0 Å². The minimum Gasteiger partial charge on any atom is -0.459 e. The van der Waals surface area contributed by atoms with Crippen molar-refractivity contribution in [3.05, 3.63) is 0 Å². The van der Waals surface area contributed by atoms with E-state index in [1.807, 2.05) is 0 Å². The molecule has 1 rings (SSSR count). The lowest BCUT2D eigenvalue weighted by atomic mass is 10.3. The van der Waals surface area contributed by atoms with Crippen LogP contribution in [-0.4, -0.2) is 36.7 Å². The van der Waals surface area contributed by atoms with Crippen LogP contribution in [0.1, 0.15) is 0 Å². The quantitative estimate of drug-likeness (QED) is 0.455. The highest BCUT2D eigenvalue weighted by Gasteiger charge is 2.64. The van der Waals surface area contributed by atoms with Gasteiger partial charge in [0.05, 0.1) is 0 Å². The molecule has 1 aliphatic heterocycles. The second kappa shape index (κ2) is 2.36. The maximum Gasteiger partial charge on any atom is 0.366 e. The van der Waals surface area contributed by atoms with Gasteiger partial charge in [0, 0.05) is 0 Å². The van der Waals surface area contributed by atoms with Crippen LogP contribution >= 0.6 is 0 Å². The molecule has 0 spiro atoms. The van der Waals surface area contributed by atoms with Crippen LogP contribution in [0.5, 0.6) is 0 Å². The average molecular weight is 202 g/mol. The van der Waals surface area contributed by atoms with Gasteiger partial charge < -0.3 is 4.74 Å². The second-order valence-corrected chi connectivity index (χ2v) is 3.73. The van der Waals surface area contributed by atoms with E-state index >= 15 is 0 Å². The molecule has 2 atom stereocenters. The first-order valence-electron chi connectivity index (χ1n) is 2.77. The van der Waals surface area contributed by atoms with Gasteiger partial charge in [0.1, 0.15) is 6.61 Å². The molecule has 5 nitrogen and oxygen atoms in total. The Labute approximate surface area is 66.1 Å². The van der Waals surface area contributed by atoms with Crippen molar-refractivity contribution in [2.45, 2.75) is 11.2 Å². The molecule has 0 bridgehead atoms. The molecule has 0 aromatic rings. The zero-order valence-electron chi connectivity index (χ0n) is 5.53. The lowest BCUT2D eigenvalue weighted by Crippen LogP contribution is -2.45. The lowest BCUT2D eigenvalue weighted by Gasteiger charge is -2.11. The molecule has 0 aliphatic carbocycles. The molecule has 0 saturated carbocycles. The van der Waals surface area contributed by atoms with E-state index in [-0.39, 0.29) is 0 Å². The topological polar surface area (TPSA) is 80.7 Å². The highest BCUT2D eigenvalue weighted by Crippen LogP contribution is 2.32. The van der Waals surface area contributed by atoms with Gasteiger partial charge in [-0.25, -0.2) is 13.6 Å². The third-order valence-electron chi connectivity index (χ3n) is 1.42. The van der Waals surface area contributed by atoms with Crippen LogP contribution in [0.25, 0.3) is 0 Å². The number of ether oxygens (including phenoxy) is 1. The Morgan fingerprint density at radius 3 is 2.33 bits per heavy atom. The summed E-state index contributed by atoms with van der Waals surface area (Å²) in [5.41, 5.74) is 0. The second-order valence-electron chi connectivity index (χ2n) is 2.19. The van der Waals surface area contributed by atoms with Crippen LogP contribution in [0.15, 0.2) is 0 Å². The van der Waals surface area contributed by atoms with E-state index in [4.69, 9.17) is 4.55 Å². The van der Waals surface area contributed by atoms with E-state index in [2.05, 4.69) is 4.74 Å². The first-order valence-corrected chi connectivity index (χ1v) is 4.21. The highest BCUT2D eigenvalue weighted by atomic mass is 32.2. The van der Waals surface area contributed by atoms with Gasteiger partial charge in [0.2, 0.25) is 0 Å². The molecule has 0 radical (unpaired) electrons. The molecule has 8 heteroatoms. The smallest absolute Gasteiger partial charge is 0.366 e. The Kier molecular flexibility index (Phi) is 1.84. The molecule has 1 fully saturated rings. The normalized spacial score (nSPS) is 36.6. The van der Waals surface area contributed by atoms with E-state index in [0.29, 0.717) is 0 Å². The Balaban J connectivity index is 3.21. The average Bonchev–Trinajstić information content (AvgIpc) is 2.16. The third kappa shape index (κ3) is 0.985. The van der Waals surface area contributed by atoms with E-state index in [9.17, 15) is 22.0 Å². The standard InChI is InChI=1S/C4H4F2O5S/c5-2-1-11-3(7)4(2,6)12(8,9)10/h2H,1H2,(H,8,9,10). The van der Waals surface area contributed by atoms with Gasteiger partial charge in [-0.05, 0) is 0 Å². The number of hydrogen-bond acceptors (Lipinski definition) is 4. The fourth-order valence-electron chi connectivity index (χ4n) is 0.749. The maximum absolute atomic E-state index is 12.9. The minimum atomic E-state index is -5.42. The summed E-state index contributed by atoms with van der Waals surface area (Å²) in [7, 11) is -5.42. The van der Waals surface area contributed by atoms with Gasteiger partial charge in [0.15, 0.2) is 6.17 Å². The van der Waals surface area contributed by atoms with Gasteiger partial charge in [-0.3, -0.25) is 4.55 Å². The monoisotopic (exact) mass is 202 g/mol. The Bertz CT molecular complexity index is 311. The number of carbonyl (C=O) groups excluding carboxylic acids is 1. The summed E-state index contributed by atoms with van der Waals surface area (Å²) < 4.78 is 57.8. The highest BCUT2D eigenvalue weighted by molar-refractivity contribution is 7.88. The van der Waals surface area contributed by atoms with Crippen molar-refractivity contribution in [2.75, 3.05) is 6.61 Å². The molecule has 1 heterocycles. The van der Waals surface area contributed by atoms with E-state index in [1.54, 1.807) is 0 Å². The number of alkyl halides is 2. The largest absolute Gasteiger partial charge is 0.459 e. The predicted octanol–water partition coefficient (Wildman–Crippen LogP) is -0.565. The molecular formula is C4H4F2O5S. The van der Waals surface area contributed by atoms with Gasteiger partial charge in [-0.15, -0.1) is 0 Å². The molecule has 12 heavy (non-hydrogen) atoms. The third-order valence-corrected chi connectivity index (χ3v) is 2.59. The summed E-state index contributed by atoms with van der Waals surface area (Å²) in [5.74, 6) is -1.92. The Morgan fingerprint density at radius 1 is 1.67 bits per heavy atom. The van der Waals surface area contributed by atoms with Crippen molar-refractivity contribution in [2.24, 2.45) is 0 Å². The number of halogens is 2. The van der Waals surface area contributed by atoms with Gasteiger partial charge in [0.25, 0.3) is 0 Å². The van der Waals surface area contributed by atoms with Crippen LogP contribution in [-0.2, 0) is 19.6 Å². The molecular weight excluding hydrogens is 198 g/mol. The van der Waals surface area contributed by atoms with Crippen LogP contribution in [0, 0.1) is 0 Å². The molecule has 1 saturated heterocycles. The number of carbonyl (C=O) groups is 1. The molecule has 0 amide bonds. The van der Waals surface area contributed by atoms with Crippen molar-refractivity contribution in [1.82, 2.24) is 0 Å². The zero-order chi connectivity index (χ0) is 9.57. The zero-order valence-corrected chi connectivity index (χ0v) is 6.35. The van der Waals surface area contributed by atoms with Crippen molar-refractivity contribution < 1.29 is 31.3 Å². The number of cyclic esters (lactones) is 1. The minimum absolute atomic E-state index is 1.00. The summed E-state index contributed by atoms with van der Waals surface area (Å²) in [6.45, 7) is -1.00. The number of esters is 1. The van der Waals surface area contributed by atoms with Gasteiger partial charge >= 0.3 is 21.1 Å². The maximum atomic E-state index is 12.9. The summed E-state index contributed by atoms with van der Waals surface area (Å²) in [6.07, 6.45) is -2.68. The first-order chi connectivity index (χ1) is 5.30. The Hall–Kier alpha value is -0.760. The van der Waals surface area contributed by atoms with Crippen LogP contribution in [0.4, 0.5) is 8.78 Å². The summed E-state index contributed by atoms with van der Waals surface area (Å²) in [6, 6.07) is 0. The fourth-order valence-corrected chi connectivity index (χ4v) is 1.41. The van der Waals surface area contributed by atoms with Crippen molar-refractivity contribution >= 4 is 16.1 Å². The number of rotatable bonds is 1. The predicted molar refractivity (Wildman–Crippen MR) is 31.2 cm³/mol. The summed E-state index contributed by atoms with van der Waals surface area (Å²) in [4.78, 5) is 10.4. The summed E-state index contributed by atoms with van der Waals surface area (Å²) in [5, 5.41) is -3.95. The molecule has 0 aromatic carbocycles. The molecule has 1 N–H and O–H groups in total. The Morgan fingerprint density at radius 2 is 2.17 bits per heavy atom. The molecule has 70 valence electrons. The van der Waals surface area contributed by atoms with Crippen LogP contribution < -0.4 is 0 Å². The van der Waals surface area contributed by atoms with E-state index in [1.165, 1.54) is 0 Å². The van der Waals surface area contributed by atoms with E-state index < -0.39 is 33.9 Å². The number of hydrogen-bond donors (Lipinski definition) is 1. The van der Waals surface area contributed by atoms with Crippen LogP contribution in [0.3, 0.4) is 0 Å². The van der Waals surface area contributed by atoms with Gasteiger partial charge in [-0.1, -0.05) is 0 Å². The first kappa shape index (κ1) is 9.33. The molecule has 1 aliphatic rings. The van der Waals surface area contributed by atoms with Crippen molar-refractivity contribution in [3.63, 3.8) is 0 Å². The SMILES string of the molecule is O=C1OCC(F)C1(F)S(=O)(=O)O. The summed E-state index contributed by atoms with van der Waals surface area (Å²) >= 11 is 0. The van der Waals surface area contributed by atoms with Crippen molar-refractivity contribution in [1.29, 1.82) is 0 Å². The van der Waals surface area contributed by atoms with E-state index in [0.717, 1.165) is 0 Å². The van der Waals surface area contributed by atoms with Crippen LogP contribution in [0.2, 0.25) is 0 Å². The molecule has 0 aromatic heterocycles. The fraction of sp³-hybridized carbons (Fsp3) is 0.750. The molecule has 2 unspecified atom stereocenters. The lowest BCUT2D eigenvalue weighted by molar-refractivity contribution is -0.144.